The van der Waals surface area contributed by atoms with Crippen LogP contribution in [0.5, 0.6) is 0 Å². The molecule has 464 valence electrons. The maximum Gasteiger partial charge on any atom is 0.323 e. The van der Waals surface area contributed by atoms with E-state index in [1.807, 2.05) is 0 Å². The highest BCUT2D eigenvalue weighted by Gasteiger charge is 2.30. The second-order valence-corrected chi connectivity index (χ2v) is 30.1. The van der Waals surface area contributed by atoms with Gasteiger partial charge in [-0.1, -0.05) is 53.7 Å². The maximum absolute atomic E-state index is 13.9. The van der Waals surface area contributed by atoms with Gasteiger partial charge in [-0.15, -0.1) is 0 Å². The maximum atomic E-state index is 13.9. The molecule has 88 heavy (non-hydrogen) atoms. The molecule has 0 aliphatic rings. The van der Waals surface area contributed by atoms with E-state index in [9.17, 15) is 92.2 Å². The van der Waals surface area contributed by atoms with Crippen LogP contribution in [-0.4, -0.2) is 95.7 Å². The molecule has 0 aliphatic carbocycles. The number of fused-ring (bicyclic) bond motifs is 2. The van der Waals surface area contributed by atoms with Crippen LogP contribution in [0.2, 0.25) is 0 Å². The van der Waals surface area contributed by atoms with Crippen molar-refractivity contribution in [2.24, 2.45) is 0 Å². The van der Waals surface area contributed by atoms with Gasteiger partial charge in [-0.05, 0) is 143 Å². The van der Waals surface area contributed by atoms with Gasteiger partial charge in [0.25, 0.3) is 72.5 Å². The first kappa shape index (κ1) is 65.5. The van der Waals surface area contributed by atoms with Gasteiger partial charge in [0.05, 0.1) is 9.79 Å². The molecule has 4 amide bonds. The number of anilines is 8. The summed E-state index contributed by atoms with van der Waals surface area (Å²) in [5.41, 5.74) is 0.592. The van der Waals surface area contributed by atoms with Crippen molar-refractivity contribution >= 4 is 146 Å². The van der Waals surface area contributed by atoms with E-state index in [0.29, 0.717) is 35.4 Å². The van der Waals surface area contributed by atoms with E-state index in [0.717, 1.165) is 24.3 Å². The molecule has 0 saturated heterocycles. The van der Waals surface area contributed by atoms with Crippen LogP contribution >= 0.6 is 0 Å². The van der Waals surface area contributed by atoms with Crippen LogP contribution in [0.25, 0.3) is 21.5 Å². The molecule has 8 rings (SSSR count). The summed E-state index contributed by atoms with van der Waals surface area (Å²) in [7, 11) is -31.4. The fourth-order valence-electron chi connectivity index (χ4n) is 9.32. The number of hydrogen-bond acceptors (Lipinski definition) is 17. The van der Waals surface area contributed by atoms with Crippen LogP contribution in [0.3, 0.4) is 0 Å². The molecule has 0 radical (unpaired) electrons. The molecule has 27 nitrogen and oxygen atoms in total. The zero-order valence-electron chi connectivity index (χ0n) is 46.5. The average Bonchev–Trinajstić information content (AvgIpc) is 1.30. The SMILES string of the molecule is CC(C)(C)c1cc(Nc2ccc(S(=O)(=O)O)c3cc(S(=O)(=O)O)cc(S(=O)(=O)O)c23)ccc1NC(=O)c1cccc(NC(=O)Nc2cccc(C(=O)Nc3ccc(Nc4ccc(S(=O)(=O)O)c5cc(S(=O)(=O)O)cc(S(=O)(=O)O)c45)cc3C(C)(C)C)c2)c1. The lowest BCUT2D eigenvalue weighted by Gasteiger charge is -2.25. The minimum absolute atomic E-state index is 0.0790. The minimum Gasteiger partial charge on any atom is -0.355 e. The Morgan fingerprint density at radius 3 is 0.977 bits per heavy atom. The summed E-state index contributed by atoms with van der Waals surface area (Å²) in [6, 6.07) is 25.7. The van der Waals surface area contributed by atoms with E-state index >= 15 is 0 Å². The number of benzene rings is 8. The Kier molecular flexibility index (Phi) is 17.3. The highest BCUT2D eigenvalue weighted by molar-refractivity contribution is 7.88. The van der Waals surface area contributed by atoms with Crippen LogP contribution in [0.1, 0.15) is 73.4 Å². The molecule has 0 heterocycles. The third kappa shape index (κ3) is 14.7. The summed E-state index contributed by atoms with van der Waals surface area (Å²) in [6.45, 7) is 10.8. The predicted octanol–water partition coefficient (Wildman–Crippen LogP) is 9.70. The van der Waals surface area contributed by atoms with Gasteiger partial charge in [0.2, 0.25) is 0 Å². The molecule has 0 saturated carbocycles. The van der Waals surface area contributed by atoms with E-state index < -0.39 is 140 Å². The molecule has 12 N–H and O–H groups in total. The van der Waals surface area contributed by atoms with Crippen LogP contribution < -0.4 is 31.9 Å². The number of amides is 4. The summed E-state index contributed by atoms with van der Waals surface area (Å²) in [5, 5.41) is 14.2. The van der Waals surface area contributed by atoms with Crippen molar-refractivity contribution in [2.45, 2.75) is 81.7 Å². The quantitative estimate of drug-likeness (QED) is 0.0400. The largest absolute Gasteiger partial charge is 0.355 e. The topological polar surface area (TPSA) is 450 Å². The van der Waals surface area contributed by atoms with Gasteiger partial charge in [0.15, 0.2) is 0 Å². The number of hydrogen-bond donors (Lipinski definition) is 12. The Bertz CT molecular complexity index is 4700. The zero-order valence-corrected chi connectivity index (χ0v) is 51.4. The van der Waals surface area contributed by atoms with Crippen molar-refractivity contribution in [3.05, 3.63) is 156 Å². The summed E-state index contributed by atoms with van der Waals surface area (Å²) in [5.74, 6) is -1.27. The lowest BCUT2D eigenvalue weighted by molar-refractivity contribution is 0.101. The standard InChI is InChI=1S/C55H52N6O21S6/c1-54(2,3)39-23-33(56-43-17-19-45(85(71,72)73)37-25-35(83(65,66)67)27-47(49(37)43)87(77,78)79)13-15-41(39)60-51(62)29-9-7-11-31(21-29)58-53(64)59-32-12-8-10-30(22-32)52(63)61-42-16-14-34(24-40(42)55(4,5)6)57-44-18-20-46(86(74,75)76)38-26-36(84(68,69)70)28-48(50(38)44)88(80,81)82/h7-28,56-57H,1-6H3,(H,60,62)(H,61,63)(H2,58,59,64)(H,65,66,67)(H,68,69,70)(H,71,72,73)(H,74,75,76)(H,77,78,79)(H,80,81,82). The van der Waals surface area contributed by atoms with Crippen LogP contribution in [0.4, 0.5) is 50.3 Å². The first-order valence-corrected chi connectivity index (χ1v) is 33.8. The smallest absolute Gasteiger partial charge is 0.323 e. The van der Waals surface area contributed by atoms with E-state index in [1.54, 1.807) is 53.7 Å². The molecule has 8 aromatic rings. The molecule has 0 fully saturated rings. The number of carbonyl (C=O) groups is 3. The Labute approximate surface area is 504 Å². The van der Waals surface area contributed by atoms with Crippen molar-refractivity contribution in [2.75, 3.05) is 31.9 Å². The molecule has 0 aliphatic heterocycles. The second-order valence-electron chi connectivity index (χ2n) is 21.7. The van der Waals surface area contributed by atoms with Gasteiger partial charge in [-0.2, -0.15) is 50.5 Å². The molecule has 0 atom stereocenters. The van der Waals surface area contributed by atoms with Gasteiger partial charge in [-0.3, -0.25) is 36.9 Å². The van der Waals surface area contributed by atoms with Gasteiger partial charge in [-0.25, -0.2) is 4.79 Å². The molecule has 0 aromatic heterocycles. The second kappa shape index (κ2) is 23.2. The monoisotopic (exact) mass is 1320 g/mol. The molecule has 0 spiro atoms. The van der Waals surface area contributed by atoms with E-state index in [-0.39, 0.29) is 56.6 Å². The zero-order chi connectivity index (χ0) is 65.2. The molecule has 0 unspecified atom stereocenters. The van der Waals surface area contributed by atoms with Gasteiger partial charge >= 0.3 is 6.03 Å². The Balaban J connectivity index is 0.985. The normalized spacial score (nSPS) is 12.8. The first-order valence-electron chi connectivity index (χ1n) is 25.2. The predicted molar refractivity (Wildman–Crippen MR) is 325 cm³/mol. The van der Waals surface area contributed by atoms with Gasteiger partial charge in [0, 0.05) is 78.2 Å². The molecule has 8 aromatic carbocycles. The Hall–Kier alpha value is -8.45. The summed E-state index contributed by atoms with van der Waals surface area (Å²) >= 11 is 0. The fraction of sp³-hybridized carbons (Fsp3) is 0.145. The summed E-state index contributed by atoms with van der Waals surface area (Å²) in [4.78, 5) is 34.8. The van der Waals surface area contributed by atoms with E-state index in [1.165, 1.54) is 72.8 Å². The number of carbonyl (C=O) groups excluding carboxylic acids is 3. The summed E-state index contributed by atoms with van der Waals surface area (Å²) < 4.78 is 208. The molecule has 0 bridgehead atoms. The Morgan fingerprint density at radius 1 is 0.341 bits per heavy atom. The van der Waals surface area contributed by atoms with E-state index in [2.05, 4.69) is 31.9 Å². The molecule has 33 heteroatoms. The van der Waals surface area contributed by atoms with E-state index in [4.69, 9.17) is 0 Å². The van der Waals surface area contributed by atoms with Crippen LogP contribution in [-0.2, 0) is 71.5 Å². The van der Waals surface area contributed by atoms with Gasteiger partial charge in [0.1, 0.15) is 19.6 Å². The minimum atomic E-state index is -5.35. The third-order valence-corrected chi connectivity index (χ3v) is 18.4. The molecular weight excluding hydrogens is 1270 g/mol. The third-order valence-electron chi connectivity index (χ3n) is 13.2. The Morgan fingerprint density at radius 2 is 0.670 bits per heavy atom. The number of nitrogens with one attached hydrogen (secondary N) is 6. The van der Waals surface area contributed by atoms with Crippen molar-refractivity contribution in [3.8, 4) is 0 Å². The lowest BCUT2D eigenvalue weighted by atomic mass is 9.85. The van der Waals surface area contributed by atoms with Crippen molar-refractivity contribution in [1.29, 1.82) is 0 Å². The first-order chi connectivity index (χ1) is 40.4. The highest BCUT2D eigenvalue weighted by atomic mass is 32.2. The number of urea groups is 1. The fourth-order valence-corrected chi connectivity index (χ4v) is 13.4. The highest BCUT2D eigenvalue weighted by Crippen LogP contribution is 2.42. The van der Waals surface area contributed by atoms with Crippen molar-refractivity contribution in [3.63, 3.8) is 0 Å². The average molecular weight is 1330 g/mol. The van der Waals surface area contributed by atoms with Crippen molar-refractivity contribution in [1.82, 2.24) is 0 Å². The lowest BCUT2D eigenvalue weighted by Crippen LogP contribution is -2.21. The molecular formula is C55H52N6O21S6. The summed E-state index contributed by atoms with van der Waals surface area (Å²) in [6.07, 6.45) is 0. The van der Waals surface area contributed by atoms with Crippen molar-refractivity contribution < 1.29 is 92.2 Å². The van der Waals surface area contributed by atoms with Crippen LogP contribution in [0.15, 0.2) is 163 Å². The van der Waals surface area contributed by atoms with Gasteiger partial charge < -0.3 is 31.9 Å². The number of rotatable bonds is 16. The van der Waals surface area contributed by atoms with Crippen LogP contribution in [0, 0.1) is 0 Å².